The summed E-state index contributed by atoms with van der Waals surface area (Å²) >= 11 is 0. The Labute approximate surface area is 124 Å². The van der Waals surface area contributed by atoms with Crippen molar-refractivity contribution in [1.82, 2.24) is 10.4 Å². The fraction of sp³-hybridized carbons (Fsp3) is 0.667. The molecular weight excluding hydrogens is 276 g/mol. The number of hydrazine groups is 1. The quantitative estimate of drug-likeness (QED) is 0.647. The third-order valence-electron chi connectivity index (χ3n) is 3.88. The summed E-state index contributed by atoms with van der Waals surface area (Å²) in [5.74, 6) is 3.88. The molecule has 1 aliphatic rings. The van der Waals surface area contributed by atoms with E-state index < -0.39 is 5.92 Å². The molecule has 0 spiro atoms. The third kappa shape index (κ3) is 4.35. The highest BCUT2D eigenvalue weighted by Gasteiger charge is 2.37. The summed E-state index contributed by atoms with van der Waals surface area (Å²) in [5.41, 5.74) is 3.64. The van der Waals surface area contributed by atoms with E-state index >= 15 is 0 Å². The first-order valence-corrected chi connectivity index (χ1v) is 7.37. The molecule has 0 aromatic carbocycles. The zero-order valence-electron chi connectivity index (χ0n) is 12.5. The monoisotopic (exact) mass is 299 g/mol. The van der Waals surface area contributed by atoms with Gasteiger partial charge < -0.3 is 4.74 Å². The van der Waals surface area contributed by atoms with Gasteiger partial charge in [-0.05, 0) is 44.2 Å². The molecule has 0 bridgehead atoms. The molecule has 1 heterocycles. The van der Waals surface area contributed by atoms with E-state index in [1.807, 2.05) is 19.9 Å². The van der Waals surface area contributed by atoms with Crippen LogP contribution in [0.5, 0.6) is 5.75 Å². The number of alkyl halides is 2. The molecule has 0 aliphatic heterocycles. The van der Waals surface area contributed by atoms with Crippen molar-refractivity contribution < 1.29 is 13.5 Å². The minimum absolute atomic E-state index is 0.0553. The van der Waals surface area contributed by atoms with Crippen molar-refractivity contribution >= 4 is 0 Å². The van der Waals surface area contributed by atoms with Crippen molar-refractivity contribution in [1.29, 1.82) is 0 Å². The first kappa shape index (κ1) is 16.1. The number of hydrogen-bond donors (Lipinski definition) is 2. The van der Waals surface area contributed by atoms with Crippen molar-refractivity contribution in [2.75, 3.05) is 0 Å². The van der Waals surface area contributed by atoms with E-state index in [2.05, 4.69) is 10.4 Å². The van der Waals surface area contributed by atoms with Gasteiger partial charge in [0.1, 0.15) is 5.75 Å². The number of rotatable bonds is 5. The number of ether oxygens (including phenoxy) is 1. The largest absolute Gasteiger partial charge is 0.489 e. The van der Waals surface area contributed by atoms with Gasteiger partial charge in [0.25, 0.3) is 0 Å². The normalized spacial score (nSPS) is 20.5. The summed E-state index contributed by atoms with van der Waals surface area (Å²) in [6.45, 7) is 3.88. The number of halogens is 2. The van der Waals surface area contributed by atoms with E-state index in [4.69, 9.17) is 10.6 Å². The first-order valence-electron chi connectivity index (χ1n) is 7.37. The minimum atomic E-state index is -2.53. The molecule has 6 heteroatoms. The summed E-state index contributed by atoms with van der Waals surface area (Å²) in [6.07, 6.45) is 4.17. The molecule has 1 aromatic heterocycles. The van der Waals surface area contributed by atoms with Gasteiger partial charge >= 0.3 is 0 Å². The Balaban J connectivity index is 2.10. The topological polar surface area (TPSA) is 60.2 Å². The molecule has 21 heavy (non-hydrogen) atoms. The SMILES string of the molecule is CC(C)Oc1cncc(C(NN)C2CCC(F)(F)CC2)c1. The lowest BCUT2D eigenvalue weighted by Crippen LogP contribution is -2.37. The van der Waals surface area contributed by atoms with Crippen molar-refractivity contribution in [2.24, 2.45) is 11.8 Å². The van der Waals surface area contributed by atoms with Gasteiger partial charge in [0.2, 0.25) is 5.92 Å². The van der Waals surface area contributed by atoms with Crippen LogP contribution in [0.25, 0.3) is 0 Å². The fourth-order valence-corrected chi connectivity index (χ4v) is 2.84. The average molecular weight is 299 g/mol. The summed E-state index contributed by atoms with van der Waals surface area (Å²) in [7, 11) is 0. The first-order chi connectivity index (χ1) is 9.91. The van der Waals surface area contributed by atoms with Crippen molar-refractivity contribution in [3.8, 4) is 5.75 Å². The molecule has 1 fully saturated rings. The van der Waals surface area contributed by atoms with Gasteiger partial charge in [0.15, 0.2) is 0 Å². The number of nitrogens with two attached hydrogens (primary N) is 1. The molecule has 1 aromatic rings. The molecule has 1 unspecified atom stereocenters. The van der Waals surface area contributed by atoms with E-state index in [1.165, 1.54) is 0 Å². The lowest BCUT2D eigenvalue weighted by molar-refractivity contribution is -0.0498. The number of pyridine rings is 1. The molecule has 0 saturated heterocycles. The van der Waals surface area contributed by atoms with Gasteiger partial charge in [0, 0.05) is 19.0 Å². The van der Waals surface area contributed by atoms with Crippen LogP contribution >= 0.6 is 0 Å². The molecule has 1 saturated carbocycles. The van der Waals surface area contributed by atoms with Crippen LogP contribution in [0.3, 0.4) is 0 Å². The third-order valence-corrected chi connectivity index (χ3v) is 3.88. The van der Waals surface area contributed by atoms with E-state index in [9.17, 15) is 8.78 Å². The maximum absolute atomic E-state index is 13.3. The lowest BCUT2D eigenvalue weighted by Gasteiger charge is -2.33. The predicted molar refractivity (Wildman–Crippen MR) is 77.0 cm³/mol. The van der Waals surface area contributed by atoms with Crippen LogP contribution in [-0.4, -0.2) is 17.0 Å². The molecule has 0 radical (unpaired) electrons. The Kier molecular flexibility index (Phi) is 5.11. The number of aromatic nitrogens is 1. The molecule has 0 amide bonds. The molecule has 1 aliphatic carbocycles. The number of nitrogens with zero attached hydrogens (tertiary/aromatic N) is 1. The van der Waals surface area contributed by atoms with E-state index in [-0.39, 0.29) is 30.9 Å². The zero-order chi connectivity index (χ0) is 15.5. The van der Waals surface area contributed by atoms with Gasteiger partial charge in [-0.1, -0.05) is 0 Å². The maximum Gasteiger partial charge on any atom is 0.248 e. The van der Waals surface area contributed by atoms with Crippen LogP contribution in [0.4, 0.5) is 8.78 Å². The zero-order valence-corrected chi connectivity index (χ0v) is 12.5. The molecular formula is C15H23F2N3O. The molecule has 3 N–H and O–H groups in total. The highest BCUT2D eigenvalue weighted by Crippen LogP contribution is 2.41. The molecule has 2 rings (SSSR count). The number of hydrogen-bond acceptors (Lipinski definition) is 4. The van der Waals surface area contributed by atoms with Crippen LogP contribution in [0.2, 0.25) is 0 Å². The summed E-state index contributed by atoms with van der Waals surface area (Å²) < 4.78 is 32.2. The van der Waals surface area contributed by atoms with Gasteiger partial charge in [0.05, 0.1) is 18.3 Å². The van der Waals surface area contributed by atoms with E-state index in [0.29, 0.717) is 18.6 Å². The Morgan fingerprint density at radius 2 is 2.00 bits per heavy atom. The van der Waals surface area contributed by atoms with Crippen molar-refractivity contribution in [2.45, 2.75) is 57.6 Å². The Morgan fingerprint density at radius 1 is 1.33 bits per heavy atom. The van der Waals surface area contributed by atoms with E-state index in [0.717, 1.165) is 5.56 Å². The molecule has 1 atom stereocenters. The second-order valence-corrected chi connectivity index (χ2v) is 5.96. The van der Waals surface area contributed by atoms with Crippen LogP contribution < -0.4 is 16.0 Å². The highest BCUT2D eigenvalue weighted by molar-refractivity contribution is 5.26. The molecule has 118 valence electrons. The van der Waals surface area contributed by atoms with Gasteiger partial charge in [-0.2, -0.15) is 0 Å². The molecule has 4 nitrogen and oxygen atoms in total. The Morgan fingerprint density at radius 3 is 2.57 bits per heavy atom. The predicted octanol–water partition coefficient (Wildman–Crippen LogP) is 3.20. The average Bonchev–Trinajstić information content (AvgIpc) is 2.41. The second kappa shape index (κ2) is 6.66. The maximum atomic E-state index is 13.3. The second-order valence-electron chi connectivity index (χ2n) is 5.96. The summed E-state index contributed by atoms with van der Waals surface area (Å²) in [5, 5.41) is 0. The van der Waals surface area contributed by atoms with Crippen LogP contribution in [0.1, 0.15) is 51.1 Å². The number of nitrogens with one attached hydrogen (secondary N) is 1. The Bertz CT molecular complexity index is 458. The van der Waals surface area contributed by atoms with Crippen molar-refractivity contribution in [3.05, 3.63) is 24.0 Å². The Hall–Kier alpha value is -1.27. The highest BCUT2D eigenvalue weighted by atomic mass is 19.3. The van der Waals surface area contributed by atoms with Gasteiger partial charge in [-0.25, -0.2) is 8.78 Å². The van der Waals surface area contributed by atoms with Gasteiger partial charge in [-0.3, -0.25) is 16.3 Å². The fourth-order valence-electron chi connectivity index (χ4n) is 2.84. The summed E-state index contributed by atoms with van der Waals surface area (Å²) in [6, 6.07) is 1.70. The summed E-state index contributed by atoms with van der Waals surface area (Å²) in [4.78, 5) is 4.16. The van der Waals surface area contributed by atoms with Crippen molar-refractivity contribution in [3.63, 3.8) is 0 Å². The lowest BCUT2D eigenvalue weighted by atomic mass is 9.80. The van der Waals surface area contributed by atoms with Crippen LogP contribution in [-0.2, 0) is 0 Å². The smallest absolute Gasteiger partial charge is 0.248 e. The van der Waals surface area contributed by atoms with Crippen LogP contribution in [0, 0.1) is 5.92 Å². The van der Waals surface area contributed by atoms with Gasteiger partial charge in [-0.15, -0.1) is 0 Å². The minimum Gasteiger partial charge on any atom is -0.489 e. The van der Waals surface area contributed by atoms with Crippen LogP contribution in [0.15, 0.2) is 18.5 Å². The van der Waals surface area contributed by atoms with E-state index in [1.54, 1.807) is 12.4 Å². The standard InChI is InChI=1S/C15H23F2N3O/c1-10(2)21-13-7-12(8-19-9-13)14(20-18)11-3-5-15(16,17)6-4-11/h7-11,14,20H,3-6,18H2,1-2H3.